The van der Waals surface area contributed by atoms with E-state index < -0.39 is 15.9 Å². The van der Waals surface area contributed by atoms with Gasteiger partial charge in [0.05, 0.1) is 22.9 Å². The normalized spacial score (nSPS) is 19.5. The minimum atomic E-state index is -3.18. The van der Waals surface area contributed by atoms with Gasteiger partial charge in [0.15, 0.2) is 0 Å². The second-order valence-corrected chi connectivity index (χ2v) is 12.4. The zero-order valence-electron chi connectivity index (χ0n) is 21.3. The van der Waals surface area contributed by atoms with E-state index in [-0.39, 0.29) is 11.7 Å². The summed E-state index contributed by atoms with van der Waals surface area (Å²) in [7, 11) is -3.18. The van der Waals surface area contributed by atoms with E-state index >= 15 is 0 Å². The standard InChI is InChI=1S/C28H36N4O4S/c1-2-37(34,35)32-10-8-20(9-11-32)26-18-31-27-24(26)14-22(15-25(27)28(29)33)21-6-3-5-19(13-21)16-30-17-23-7-4-12-36-23/h3,5-6,13-15,18,20,23,30-31H,2,4,7-12,16-17H2,1H3,(H2,29,33)/t23-/m1/s1. The number of rotatable bonds is 9. The molecule has 2 aliphatic rings. The van der Waals surface area contributed by atoms with Crippen molar-refractivity contribution in [1.29, 1.82) is 0 Å². The van der Waals surface area contributed by atoms with Gasteiger partial charge in [-0.3, -0.25) is 4.79 Å². The number of hydrogen-bond donors (Lipinski definition) is 3. The first-order valence-electron chi connectivity index (χ1n) is 13.2. The number of amides is 1. The highest BCUT2D eigenvalue weighted by Crippen LogP contribution is 2.37. The van der Waals surface area contributed by atoms with E-state index in [0.29, 0.717) is 24.8 Å². The molecule has 2 aromatic carbocycles. The van der Waals surface area contributed by atoms with Crippen LogP contribution in [0.4, 0.5) is 0 Å². The van der Waals surface area contributed by atoms with Gasteiger partial charge in [-0.1, -0.05) is 18.2 Å². The molecule has 3 aromatic rings. The molecule has 0 saturated carbocycles. The first-order chi connectivity index (χ1) is 17.9. The molecule has 9 heteroatoms. The Morgan fingerprint density at radius 2 is 1.97 bits per heavy atom. The molecule has 0 aliphatic carbocycles. The zero-order valence-corrected chi connectivity index (χ0v) is 22.1. The fraction of sp³-hybridized carbons (Fsp3) is 0.464. The number of fused-ring (bicyclic) bond motifs is 1. The van der Waals surface area contributed by atoms with E-state index in [2.05, 4.69) is 34.6 Å². The highest BCUT2D eigenvalue weighted by atomic mass is 32.2. The lowest BCUT2D eigenvalue weighted by atomic mass is 9.88. The van der Waals surface area contributed by atoms with Crippen LogP contribution < -0.4 is 11.1 Å². The Labute approximate surface area is 218 Å². The third kappa shape index (κ3) is 5.60. The smallest absolute Gasteiger partial charge is 0.250 e. The largest absolute Gasteiger partial charge is 0.377 e. The lowest BCUT2D eigenvalue weighted by molar-refractivity contribution is 0.100. The molecule has 198 valence electrons. The van der Waals surface area contributed by atoms with Crippen LogP contribution in [0, 0.1) is 0 Å². The van der Waals surface area contributed by atoms with Crippen LogP contribution in [0.15, 0.2) is 42.6 Å². The average molecular weight is 525 g/mol. The predicted octanol–water partition coefficient (Wildman–Crippen LogP) is 3.73. The summed E-state index contributed by atoms with van der Waals surface area (Å²) in [5.41, 5.74) is 11.2. The third-order valence-electron chi connectivity index (χ3n) is 7.72. The summed E-state index contributed by atoms with van der Waals surface area (Å²) in [5, 5.41) is 4.47. The van der Waals surface area contributed by atoms with Gasteiger partial charge in [-0.05, 0) is 79.0 Å². The molecule has 5 rings (SSSR count). The van der Waals surface area contributed by atoms with E-state index in [1.807, 2.05) is 18.3 Å². The summed E-state index contributed by atoms with van der Waals surface area (Å²) in [5.74, 6) is -0.140. The SMILES string of the molecule is CCS(=O)(=O)N1CCC(c2c[nH]c3c(C(N)=O)cc(-c4cccc(CNC[C@H]5CCCO5)c4)cc23)CC1. The third-order valence-corrected chi connectivity index (χ3v) is 9.61. The van der Waals surface area contributed by atoms with Gasteiger partial charge in [0, 0.05) is 44.4 Å². The highest BCUT2D eigenvalue weighted by Gasteiger charge is 2.29. The van der Waals surface area contributed by atoms with E-state index in [1.165, 1.54) is 0 Å². The number of aromatic amines is 1. The van der Waals surface area contributed by atoms with Gasteiger partial charge in [0.25, 0.3) is 5.91 Å². The number of hydrogen-bond acceptors (Lipinski definition) is 5. The molecule has 2 fully saturated rings. The summed E-state index contributed by atoms with van der Waals surface area (Å²) in [6.45, 7) is 5.14. The Bertz CT molecular complexity index is 1370. The van der Waals surface area contributed by atoms with Crippen LogP contribution in [0.2, 0.25) is 0 Å². The average Bonchev–Trinajstić information content (AvgIpc) is 3.58. The van der Waals surface area contributed by atoms with Crippen molar-refractivity contribution in [1.82, 2.24) is 14.6 Å². The number of nitrogens with one attached hydrogen (secondary N) is 2. The molecule has 2 aliphatic heterocycles. The van der Waals surface area contributed by atoms with Crippen LogP contribution in [0.1, 0.15) is 60.0 Å². The highest BCUT2D eigenvalue weighted by molar-refractivity contribution is 7.89. The van der Waals surface area contributed by atoms with Crippen LogP contribution in [0.5, 0.6) is 0 Å². The topological polar surface area (TPSA) is 118 Å². The Hall–Kier alpha value is -2.72. The number of aromatic nitrogens is 1. The molecule has 1 amide bonds. The number of carbonyl (C=O) groups is 1. The first kappa shape index (κ1) is 25.9. The molecule has 4 N–H and O–H groups in total. The lowest BCUT2D eigenvalue weighted by Crippen LogP contribution is -2.38. The molecule has 0 unspecified atom stereocenters. The van der Waals surface area contributed by atoms with Gasteiger partial charge >= 0.3 is 0 Å². The second-order valence-electron chi connectivity index (χ2n) is 10.1. The van der Waals surface area contributed by atoms with E-state index in [1.54, 1.807) is 11.2 Å². The molecule has 3 heterocycles. The number of H-pyrrole nitrogens is 1. The van der Waals surface area contributed by atoms with Crippen molar-refractivity contribution in [2.24, 2.45) is 5.73 Å². The molecule has 1 atom stereocenters. The van der Waals surface area contributed by atoms with E-state index in [9.17, 15) is 13.2 Å². The maximum absolute atomic E-state index is 12.4. The van der Waals surface area contributed by atoms with Crippen molar-refractivity contribution in [2.75, 3.05) is 32.0 Å². The lowest BCUT2D eigenvalue weighted by Gasteiger charge is -2.31. The van der Waals surface area contributed by atoms with Gasteiger partial charge in [-0.25, -0.2) is 12.7 Å². The van der Waals surface area contributed by atoms with Crippen molar-refractivity contribution < 1.29 is 17.9 Å². The van der Waals surface area contributed by atoms with E-state index in [4.69, 9.17) is 10.5 Å². The van der Waals surface area contributed by atoms with Crippen molar-refractivity contribution >= 4 is 26.8 Å². The Balaban J connectivity index is 1.40. The quantitative estimate of drug-likeness (QED) is 0.394. The van der Waals surface area contributed by atoms with Gasteiger partial charge in [0.1, 0.15) is 0 Å². The molecule has 0 spiro atoms. The van der Waals surface area contributed by atoms with Crippen LogP contribution in [-0.4, -0.2) is 61.7 Å². The number of benzene rings is 2. The van der Waals surface area contributed by atoms with E-state index in [0.717, 1.165) is 78.5 Å². The Morgan fingerprint density at radius 1 is 1.16 bits per heavy atom. The van der Waals surface area contributed by atoms with Crippen molar-refractivity contribution in [3.8, 4) is 11.1 Å². The number of piperidine rings is 1. The fourth-order valence-corrected chi connectivity index (χ4v) is 6.76. The van der Waals surface area contributed by atoms with Gasteiger partial charge in [-0.2, -0.15) is 0 Å². The number of carbonyl (C=O) groups excluding carboxylic acids is 1. The molecular weight excluding hydrogens is 488 g/mol. The molecule has 8 nitrogen and oxygen atoms in total. The monoisotopic (exact) mass is 524 g/mol. The van der Waals surface area contributed by atoms with Crippen LogP contribution in [-0.2, 0) is 21.3 Å². The number of ether oxygens (including phenoxy) is 1. The van der Waals surface area contributed by atoms with Crippen molar-refractivity contribution in [3.63, 3.8) is 0 Å². The molecular formula is C28H36N4O4S. The van der Waals surface area contributed by atoms with Gasteiger partial charge < -0.3 is 20.8 Å². The van der Waals surface area contributed by atoms with Gasteiger partial charge in [-0.15, -0.1) is 0 Å². The molecule has 2 saturated heterocycles. The van der Waals surface area contributed by atoms with Crippen molar-refractivity contribution in [2.45, 2.75) is 51.2 Å². The van der Waals surface area contributed by atoms with Crippen molar-refractivity contribution in [3.05, 3.63) is 59.3 Å². The second kappa shape index (κ2) is 10.9. The predicted molar refractivity (Wildman–Crippen MR) is 146 cm³/mol. The summed E-state index contributed by atoms with van der Waals surface area (Å²) >= 11 is 0. The molecule has 0 bridgehead atoms. The summed E-state index contributed by atoms with van der Waals surface area (Å²) in [6.07, 6.45) is 5.98. The number of primary amides is 1. The zero-order chi connectivity index (χ0) is 26.0. The number of nitrogens with two attached hydrogens (primary N) is 1. The minimum absolute atomic E-state index is 0.124. The van der Waals surface area contributed by atoms with Crippen LogP contribution >= 0.6 is 0 Å². The van der Waals surface area contributed by atoms with Crippen LogP contribution in [0.3, 0.4) is 0 Å². The molecule has 1 aromatic heterocycles. The first-order valence-corrected chi connectivity index (χ1v) is 14.8. The fourth-order valence-electron chi connectivity index (χ4n) is 5.62. The summed E-state index contributed by atoms with van der Waals surface area (Å²) < 4.78 is 31.9. The Kier molecular flexibility index (Phi) is 7.67. The maximum Gasteiger partial charge on any atom is 0.250 e. The van der Waals surface area contributed by atoms with Crippen LogP contribution in [0.25, 0.3) is 22.0 Å². The summed E-state index contributed by atoms with van der Waals surface area (Å²) in [4.78, 5) is 15.7. The molecule has 37 heavy (non-hydrogen) atoms. The van der Waals surface area contributed by atoms with Gasteiger partial charge in [0.2, 0.25) is 10.0 Å². The Morgan fingerprint density at radius 3 is 2.68 bits per heavy atom. The molecule has 0 radical (unpaired) electrons. The number of sulfonamides is 1. The number of nitrogens with zero attached hydrogens (tertiary/aromatic N) is 1. The summed E-state index contributed by atoms with van der Waals surface area (Å²) in [6, 6.07) is 12.3. The minimum Gasteiger partial charge on any atom is -0.377 e. The maximum atomic E-state index is 12.4.